The average molecular weight is 272 g/mol. The van der Waals surface area contributed by atoms with Gasteiger partial charge in [-0.2, -0.15) is 0 Å². The van der Waals surface area contributed by atoms with Crippen molar-refractivity contribution in [2.75, 3.05) is 13.1 Å². The third-order valence-electron chi connectivity index (χ3n) is 2.96. The second kappa shape index (κ2) is 4.66. The minimum absolute atomic E-state index is 0.491. The number of hydrogen-bond acceptors (Lipinski definition) is 2. The highest BCUT2D eigenvalue weighted by Gasteiger charge is 2.19. The van der Waals surface area contributed by atoms with E-state index in [0.717, 1.165) is 30.2 Å². The highest BCUT2D eigenvalue weighted by atomic mass is 79.9. The van der Waals surface area contributed by atoms with Crippen LogP contribution in [0.5, 0.6) is 0 Å². The molecule has 0 spiro atoms. The first kappa shape index (κ1) is 11.1. The van der Waals surface area contributed by atoms with E-state index in [9.17, 15) is 0 Å². The lowest BCUT2D eigenvalue weighted by molar-refractivity contribution is 0.458. The highest BCUT2D eigenvalue weighted by Crippen LogP contribution is 2.22. The molecular weight excluding hydrogens is 254 g/mol. The minimum atomic E-state index is 0.491. The van der Waals surface area contributed by atoms with E-state index in [4.69, 9.17) is 0 Å². The lowest BCUT2D eigenvalue weighted by Crippen LogP contribution is -2.16. The molecule has 0 aromatic carbocycles. The summed E-state index contributed by atoms with van der Waals surface area (Å²) < 4.78 is 3.42. The van der Waals surface area contributed by atoms with Crippen molar-refractivity contribution in [2.45, 2.75) is 32.7 Å². The van der Waals surface area contributed by atoms with Gasteiger partial charge in [-0.3, -0.25) is 0 Å². The molecule has 1 aromatic rings. The molecule has 0 amide bonds. The van der Waals surface area contributed by atoms with Gasteiger partial charge in [0, 0.05) is 12.5 Å². The Morgan fingerprint density at radius 2 is 2.47 bits per heavy atom. The SMILES string of the molecule is CC(C)c1ncc(Br)n1CC1CCNC1. The van der Waals surface area contributed by atoms with Gasteiger partial charge < -0.3 is 9.88 Å². The third-order valence-corrected chi connectivity index (χ3v) is 3.59. The Balaban J connectivity index is 2.14. The van der Waals surface area contributed by atoms with E-state index in [1.807, 2.05) is 6.20 Å². The summed E-state index contributed by atoms with van der Waals surface area (Å²) in [6.07, 6.45) is 3.19. The second-order valence-electron chi connectivity index (χ2n) is 4.56. The van der Waals surface area contributed by atoms with Gasteiger partial charge in [-0.25, -0.2) is 4.98 Å². The standard InChI is InChI=1S/C11H18BrN3/c1-8(2)11-14-6-10(12)15(11)7-9-3-4-13-5-9/h6,8-9,13H,3-5,7H2,1-2H3. The van der Waals surface area contributed by atoms with Crippen molar-refractivity contribution in [3.8, 4) is 0 Å². The first-order valence-corrected chi connectivity index (χ1v) is 6.39. The molecule has 0 bridgehead atoms. The van der Waals surface area contributed by atoms with Gasteiger partial charge in [0.1, 0.15) is 10.4 Å². The van der Waals surface area contributed by atoms with Crippen LogP contribution in [0.4, 0.5) is 0 Å². The first-order valence-electron chi connectivity index (χ1n) is 5.60. The van der Waals surface area contributed by atoms with E-state index in [-0.39, 0.29) is 0 Å². The van der Waals surface area contributed by atoms with Crippen LogP contribution in [0.25, 0.3) is 0 Å². The Labute approximate surface area is 99.4 Å². The van der Waals surface area contributed by atoms with Gasteiger partial charge in [-0.1, -0.05) is 13.8 Å². The Bertz CT molecular complexity index is 327. The van der Waals surface area contributed by atoms with E-state index in [0.29, 0.717) is 5.92 Å². The lowest BCUT2D eigenvalue weighted by Gasteiger charge is -2.15. The maximum absolute atomic E-state index is 4.45. The van der Waals surface area contributed by atoms with Gasteiger partial charge in [-0.05, 0) is 41.4 Å². The summed E-state index contributed by atoms with van der Waals surface area (Å²) in [6, 6.07) is 0. The van der Waals surface area contributed by atoms with E-state index >= 15 is 0 Å². The molecule has 0 saturated carbocycles. The zero-order chi connectivity index (χ0) is 10.8. The highest BCUT2D eigenvalue weighted by molar-refractivity contribution is 9.10. The molecule has 2 heterocycles. The van der Waals surface area contributed by atoms with Crippen molar-refractivity contribution >= 4 is 15.9 Å². The Kier molecular flexibility index (Phi) is 3.46. The van der Waals surface area contributed by atoms with Gasteiger partial charge >= 0.3 is 0 Å². The van der Waals surface area contributed by atoms with Gasteiger partial charge in [0.15, 0.2) is 0 Å². The second-order valence-corrected chi connectivity index (χ2v) is 5.38. The zero-order valence-electron chi connectivity index (χ0n) is 9.33. The van der Waals surface area contributed by atoms with E-state index in [2.05, 4.69) is 44.6 Å². The van der Waals surface area contributed by atoms with Crippen molar-refractivity contribution in [3.05, 3.63) is 16.6 Å². The van der Waals surface area contributed by atoms with E-state index in [1.54, 1.807) is 0 Å². The summed E-state index contributed by atoms with van der Waals surface area (Å²) >= 11 is 3.57. The molecule has 15 heavy (non-hydrogen) atoms. The van der Waals surface area contributed by atoms with E-state index < -0.39 is 0 Å². The maximum Gasteiger partial charge on any atom is 0.112 e. The van der Waals surface area contributed by atoms with Crippen molar-refractivity contribution in [2.24, 2.45) is 5.92 Å². The fourth-order valence-corrected chi connectivity index (χ4v) is 2.57. The summed E-state index contributed by atoms with van der Waals surface area (Å²) in [5, 5.41) is 3.40. The quantitative estimate of drug-likeness (QED) is 0.915. The number of nitrogens with one attached hydrogen (secondary N) is 1. The summed E-state index contributed by atoms with van der Waals surface area (Å²) in [5.74, 6) is 2.44. The number of hydrogen-bond donors (Lipinski definition) is 1. The Morgan fingerprint density at radius 3 is 3.07 bits per heavy atom. The molecule has 1 aliphatic heterocycles. The molecule has 2 rings (SSSR count). The van der Waals surface area contributed by atoms with Crippen LogP contribution in [-0.4, -0.2) is 22.6 Å². The topological polar surface area (TPSA) is 29.9 Å². The summed E-state index contributed by atoms with van der Waals surface area (Å²) in [6.45, 7) is 7.77. The zero-order valence-corrected chi connectivity index (χ0v) is 10.9. The lowest BCUT2D eigenvalue weighted by atomic mass is 10.1. The smallest absolute Gasteiger partial charge is 0.112 e. The molecule has 3 nitrogen and oxygen atoms in total. The van der Waals surface area contributed by atoms with Crippen molar-refractivity contribution < 1.29 is 0 Å². The van der Waals surface area contributed by atoms with Crippen LogP contribution in [0.15, 0.2) is 10.8 Å². The van der Waals surface area contributed by atoms with Gasteiger partial charge in [0.25, 0.3) is 0 Å². The molecule has 84 valence electrons. The normalized spacial score (nSPS) is 21.5. The van der Waals surface area contributed by atoms with Crippen LogP contribution in [0.1, 0.15) is 32.0 Å². The maximum atomic E-state index is 4.45. The van der Waals surface area contributed by atoms with Crippen LogP contribution in [-0.2, 0) is 6.54 Å². The Hall–Kier alpha value is -0.350. The summed E-state index contributed by atoms with van der Waals surface area (Å²) in [5.41, 5.74) is 0. The van der Waals surface area contributed by atoms with Crippen molar-refractivity contribution in [1.29, 1.82) is 0 Å². The van der Waals surface area contributed by atoms with Gasteiger partial charge in [0.05, 0.1) is 6.20 Å². The monoisotopic (exact) mass is 271 g/mol. The molecule has 1 atom stereocenters. The fraction of sp³-hybridized carbons (Fsp3) is 0.727. The average Bonchev–Trinajstić information content (AvgIpc) is 2.78. The number of imidazole rings is 1. The molecule has 4 heteroatoms. The number of rotatable bonds is 3. The summed E-state index contributed by atoms with van der Waals surface area (Å²) in [7, 11) is 0. The van der Waals surface area contributed by atoms with E-state index in [1.165, 1.54) is 12.2 Å². The molecular formula is C11H18BrN3. The van der Waals surface area contributed by atoms with Crippen LogP contribution in [0.3, 0.4) is 0 Å². The number of nitrogens with zero attached hydrogens (tertiary/aromatic N) is 2. The molecule has 0 radical (unpaired) electrons. The molecule has 1 fully saturated rings. The van der Waals surface area contributed by atoms with Crippen LogP contribution >= 0.6 is 15.9 Å². The third kappa shape index (κ3) is 2.42. The first-order chi connectivity index (χ1) is 7.18. The van der Waals surface area contributed by atoms with Crippen LogP contribution < -0.4 is 5.32 Å². The van der Waals surface area contributed by atoms with Crippen molar-refractivity contribution in [3.63, 3.8) is 0 Å². The molecule has 1 aliphatic rings. The van der Waals surface area contributed by atoms with Gasteiger partial charge in [-0.15, -0.1) is 0 Å². The molecule has 1 unspecified atom stereocenters. The summed E-state index contributed by atoms with van der Waals surface area (Å²) in [4.78, 5) is 4.45. The predicted molar refractivity (Wildman–Crippen MR) is 65.0 cm³/mol. The van der Waals surface area contributed by atoms with Crippen LogP contribution in [0.2, 0.25) is 0 Å². The Morgan fingerprint density at radius 1 is 1.67 bits per heavy atom. The molecule has 1 aromatic heterocycles. The van der Waals surface area contributed by atoms with Gasteiger partial charge in [0.2, 0.25) is 0 Å². The van der Waals surface area contributed by atoms with Crippen molar-refractivity contribution in [1.82, 2.24) is 14.9 Å². The predicted octanol–water partition coefficient (Wildman–Crippen LogP) is 2.38. The molecule has 1 saturated heterocycles. The molecule has 0 aliphatic carbocycles. The largest absolute Gasteiger partial charge is 0.322 e. The number of halogens is 1. The minimum Gasteiger partial charge on any atom is -0.322 e. The number of aromatic nitrogens is 2. The van der Waals surface area contributed by atoms with Crippen LogP contribution in [0, 0.1) is 5.92 Å². The fourth-order valence-electron chi connectivity index (χ4n) is 2.14. The molecule has 1 N–H and O–H groups in total.